The average Bonchev–Trinajstić information content (AvgIpc) is 2.04. The molecule has 1 rings (SSSR count). The topological polar surface area (TPSA) is 69.4 Å². The highest BCUT2D eigenvalue weighted by Crippen LogP contribution is 2.15. The molecule has 1 fully saturated rings. The Bertz CT molecular complexity index is 250. The van der Waals surface area contributed by atoms with Crippen LogP contribution in [0.2, 0.25) is 0 Å². The van der Waals surface area contributed by atoms with E-state index < -0.39 is 15.1 Å². The van der Waals surface area contributed by atoms with Gasteiger partial charge < -0.3 is 10.5 Å². The maximum atomic E-state index is 11.6. The second-order valence-corrected chi connectivity index (χ2v) is 5.77. The predicted molar refractivity (Wildman–Crippen MR) is 51.3 cm³/mol. The Kier molecular flexibility index (Phi) is 3.70. The number of ether oxygens (including phenoxy) is 1. The van der Waals surface area contributed by atoms with Crippen molar-refractivity contribution in [3.63, 3.8) is 0 Å². The Balaban J connectivity index is 2.68. The highest BCUT2D eigenvalue weighted by Gasteiger charge is 2.33. The second-order valence-electron chi connectivity index (χ2n) is 3.43. The van der Waals surface area contributed by atoms with Crippen LogP contribution >= 0.6 is 0 Å². The van der Waals surface area contributed by atoms with Crippen molar-refractivity contribution in [1.29, 1.82) is 0 Å². The smallest absolute Gasteiger partial charge is 0.156 e. The van der Waals surface area contributed by atoms with Crippen molar-refractivity contribution in [2.24, 2.45) is 5.73 Å². The van der Waals surface area contributed by atoms with Crippen LogP contribution < -0.4 is 5.73 Å². The van der Waals surface area contributed by atoms with E-state index in [0.717, 1.165) is 0 Å². The molecule has 0 aromatic rings. The molecule has 5 heteroatoms. The lowest BCUT2D eigenvalue weighted by Gasteiger charge is -2.28. The zero-order valence-electron chi connectivity index (χ0n) is 7.90. The van der Waals surface area contributed by atoms with Gasteiger partial charge in [-0.2, -0.15) is 0 Å². The predicted octanol–water partition coefficient (Wildman–Crippen LogP) is -0.0726. The van der Waals surface area contributed by atoms with E-state index in [0.29, 0.717) is 19.4 Å². The van der Waals surface area contributed by atoms with Crippen LogP contribution in [0.4, 0.5) is 0 Å². The molecule has 0 spiro atoms. The van der Waals surface area contributed by atoms with Crippen molar-refractivity contribution >= 4 is 9.84 Å². The molecule has 13 heavy (non-hydrogen) atoms. The van der Waals surface area contributed by atoms with E-state index >= 15 is 0 Å². The second kappa shape index (κ2) is 4.39. The highest BCUT2D eigenvalue weighted by atomic mass is 32.2. The number of nitrogens with two attached hydrogens (primary N) is 1. The summed E-state index contributed by atoms with van der Waals surface area (Å²) in [6.45, 7) is 2.70. The van der Waals surface area contributed by atoms with Gasteiger partial charge in [0.05, 0.1) is 17.6 Å². The van der Waals surface area contributed by atoms with Crippen molar-refractivity contribution < 1.29 is 13.2 Å². The van der Waals surface area contributed by atoms with Gasteiger partial charge in [-0.1, -0.05) is 6.92 Å². The fourth-order valence-electron chi connectivity index (χ4n) is 1.53. The molecule has 0 aromatic carbocycles. The molecule has 78 valence electrons. The van der Waals surface area contributed by atoms with Crippen LogP contribution in [-0.4, -0.2) is 38.7 Å². The van der Waals surface area contributed by atoms with Gasteiger partial charge in [0.1, 0.15) is 0 Å². The van der Waals surface area contributed by atoms with Crippen LogP contribution in [-0.2, 0) is 14.6 Å². The van der Waals surface area contributed by atoms with Crippen molar-refractivity contribution in [3.8, 4) is 0 Å². The molecule has 1 heterocycles. The minimum absolute atomic E-state index is 0.217. The van der Waals surface area contributed by atoms with Gasteiger partial charge in [-0.25, -0.2) is 8.42 Å². The highest BCUT2D eigenvalue weighted by molar-refractivity contribution is 7.92. The number of rotatable bonds is 3. The Morgan fingerprint density at radius 3 is 2.77 bits per heavy atom. The summed E-state index contributed by atoms with van der Waals surface area (Å²) in [4.78, 5) is 0. The van der Waals surface area contributed by atoms with Crippen molar-refractivity contribution in [2.45, 2.75) is 31.1 Å². The van der Waals surface area contributed by atoms with Gasteiger partial charge in [0, 0.05) is 12.6 Å². The van der Waals surface area contributed by atoms with Gasteiger partial charge in [0.25, 0.3) is 0 Å². The summed E-state index contributed by atoms with van der Waals surface area (Å²) in [5, 5.41) is -0.485. The zero-order valence-corrected chi connectivity index (χ0v) is 8.72. The minimum Gasteiger partial charge on any atom is -0.380 e. The van der Waals surface area contributed by atoms with Gasteiger partial charge in [0.15, 0.2) is 9.84 Å². The molecule has 1 aliphatic heterocycles. The van der Waals surface area contributed by atoms with Crippen LogP contribution in [0.3, 0.4) is 0 Å². The Hall–Kier alpha value is -0.130. The molecule has 2 atom stereocenters. The van der Waals surface area contributed by atoms with E-state index in [1.807, 2.05) is 6.92 Å². The third-order valence-corrected chi connectivity index (χ3v) is 4.69. The summed E-state index contributed by atoms with van der Waals surface area (Å²) in [6, 6.07) is -0.245. The van der Waals surface area contributed by atoms with Gasteiger partial charge in [0.2, 0.25) is 0 Å². The van der Waals surface area contributed by atoms with Crippen molar-refractivity contribution in [1.82, 2.24) is 0 Å². The third kappa shape index (κ3) is 2.65. The molecule has 0 aliphatic carbocycles. The van der Waals surface area contributed by atoms with Gasteiger partial charge >= 0.3 is 0 Å². The van der Waals surface area contributed by atoms with E-state index in [1.54, 1.807) is 0 Å². The molecule has 0 aromatic heterocycles. The van der Waals surface area contributed by atoms with Crippen LogP contribution in [0.25, 0.3) is 0 Å². The van der Waals surface area contributed by atoms with Gasteiger partial charge in [-0.15, -0.1) is 0 Å². The minimum atomic E-state index is -3.03. The molecule has 1 aliphatic rings. The SMILES string of the molecule is CCCS(=O)(=O)C1COCCC1N. The molecule has 0 radical (unpaired) electrons. The number of hydrogen-bond acceptors (Lipinski definition) is 4. The summed E-state index contributed by atoms with van der Waals surface area (Å²) in [5.41, 5.74) is 5.74. The molecular weight excluding hydrogens is 190 g/mol. The lowest BCUT2D eigenvalue weighted by atomic mass is 10.1. The lowest BCUT2D eigenvalue weighted by molar-refractivity contribution is 0.0891. The quantitative estimate of drug-likeness (QED) is 0.703. The van der Waals surface area contributed by atoms with Crippen LogP contribution in [0.15, 0.2) is 0 Å². The standard InChI is InChI=1S/C8H17NO3S/c1-2-5-13(10,11)8-6-12-4-3-7(8)9/h7-8H,2-6,9H2,1H3. The first-order valence-corrected chi connectivity index (χ1v) is 6.34. The van der Waals surface area contributed by atoms with E-state index in [2.05, 4.69) is 0 Å². The third-order valence-electron chi connectivity index (χ3n) is 2.31. The summed E-state index contributed by atoms with van der Waals surface area (Å²) in [5.74, 6) is 0.217. The van der Waals surface area contributed by atoms with Crippen molar-refractivity contribution in [2.75, 3.05) is 19.0 Å². The summed E-state index contributed by atoms with van der Waals surface area (Å²) >= 11 is 0. The van der Waals surface area contributed by atoms with Crippen LogP contribution in [0.5, 0.6) is 0 Å². The zero-order chi connectivity index (χ0) is 9.90. The van der Waals surface area contributed by atoms with E-state index in [9.17, 15) is 8.42 Å². The van der Waals surface area contributed by atoms with Crippen LogP contribution in [0, 0.1) is 0 Å². The fraction of sp³-hybridized carbons (Fsp3) is 1.00. The summed E-state index contributed by atoms with van der Waals surface area (Å²) in [7, 11) is -3.03. The van der Waals surface area contributed by atoms with E-state index in [1.165, 1.54) is 0 Å². The molecule has 0 amide bonds. The molecule has 1 saturated heterocycles. The average molecular weight is 207 g/mol. The van der Waals surface area contributed by atoms with Crippen LogP contribution in [0.1, 0.15) is 19.8 Å². The fourth-order valence-corrected chi connectivity index (χ4v) is 3.38. The largest absolute Gasteiger partial charge is 0.380 e. The Morgan fingerprint density at radius 2 is 2.23 bits per heavy atom. The Labute approximate surface area is 79.4 Å². The number of hydrogen-bond donors (Lipinski definition) is 1. The monoisotopic (exact) mass is 207 g/mol. The lowest BCUT2D eigenvalue weighted by Crippen LogP contribution is -2.48. The molecule has 0 bridgehead atoms. The summed E-state index contributed by atoms with van der Waals surface area (Å²) < 4.78 is 28.4. The van der Waals surface area contributed by atoms with E-state index in [-0.39, 0.29) is 18.4 Å². The molecule has 4 nitrogen and oxygen atoms in total. The first kappa shape index (κ1) is 10.9. The molecule has 2 unspecified atom stereocenters. The Morgan fingerprint density at radius 1 is 1.54 bits per heavy atom. The molecule has 2 N–H and O–H groups in total. The van der Waals surface area contributed by atoms with Crippen molar-refractivity contribution in [3.05, 3.63) is 0 Å². The summed E-state index contributed by atoms with van der Waals surface area (Å²) in [6.07, 6.45) is 1.29. The maximum Gasteiger partial charge on any atom is 0.156 e. The first-order chi connectivity index (χ1) is 6.08. The van der Waals surface area contributed by atoms with Gasteiger partial charge in [-0.05, 0) is 12.8 Å². The molecule has 0 saturated carbocycles. The molecular formula is C8H17NO3S. The number of sulfone groups is 1. The normalized spacial score (nSPS) is 30.3. The van der Waals surface area contributed by atoms with E-state index in [4.69, 9.17) is 10.5 Å². The first-order valence-electron chi connectivity index (χ1n) is 4.63. The maximum absolute atomic E-state index is 11.6. The van der Waals surface area contributed by atoms with Gasteiger partial charge in [-0.3, -0.25) is 0 Å².